The second-order valence-electron chi connectivity index (χ2n) is 5.32. The Morgan fingerprint density at radius 3 is 1.76 bits per heavy atom. The SMILES string of the molecule is CC(C)(C)c1ccc(Nc2ccccc2)cc1. The highest BCUT2D eigenvalue weighted by atomic mass is 14.9. The number of anilines is 2. The molecule has 17 heavy (non-hydrogen) atoms. The van der Waals surface area contributed by atoms with E-state index in [9.17, 15) is 0 Å². The molecule has 0 amide bonds. The van der Waals surface area contributed by atoms with Gasteiger partial charge in [-0.3, -0.25) is 0 Å². The minimum Gasteiger partial charge on any atom is -0.356 e. The predicted molar refractivity (Wildman–Crippen MR) is 74.9 cm³/mol. The first-order valence-corrected chi connectivity index (χ1v) is 5.98. The van der Waals surface area contributed by atoms with Crippen LogP contribution in [0, 0.1) is 0 Å². The molecule has 0 atom stereocenters. The lowest BCUT2D eigenvalue weighted by Gasteiger charge is -2.19. The Labute approximate surface area is 103 Å². The van der Waals surface area contributed by atoms with Crippen molar-refractivity contribution in [2.45, 2.75) is 26.2 Å². The number of hydrogen-bond acceptors (Lipinski definition) is 1. The Hall–Kier alpha value is -1.76. The summed E-state index contributed by atoms with van der Waals surface area (Å²) in [7, 11) is 0. The smallest absolute Gasteiger partial charge is 0.0384 e. The number of nitrogens with one attached hydrogen (secondary N) is 1. The van der Waals surface area contributed by atoms with Crippen LogP contribution in [-0.4, -0.2) is 0 Å². The third-order valence-corrected chi connectivity index (χ3v) is 2.81. The molecule has 2 rings (SSSR count). The minimum atomic E-state index is 0.214. The summed E-state index contributed by atoms with van der Waals surface area (Å²) in [4.78, 5) is 0. The highest BCUT2D eigenvalue weighted by molar-refractivity contribution is 5.59. The van der Waals surface area contributed by atoms with E-state index in [1.165, 1.54) is 5.56 Å². The summed E-state index contributed by atoms with van der Waals surface area (Å²) in [6.45, 7) is 6.69. The molecule has 0 spiro atoms. The standard InChI is InChI=1S/C16H19N/c1-16(2,3)13-9-11-15(12-10-13)17-14-7-5-4-6-8-14/h4-12,17H,1-3H3. The van der Waals surface area contributed by atoms with Gasteiger partial charge in [0, 0.05) is 11.4 Å². The van der Waals surface area contributed by atoms with E-state index in [4.69, 9.17) is 0 Å². The van der Waals surface area contributed by atoms with Crippen molar-refractivity contribution < 1.29 is 0 Å². The molecule has 0 unspecified atom stereocenters. The van der Waals surface area contributed by atoms with Gasteiger partial charge in [0.15, 0.2) is 0 Å². The fraction of sp³-hybridized carbons (Fsp3) is 0.250. The van der Waals surface area contributed by atoms with Gasteiger partial charge in [0.2, 0.25) is 0 Å². The summed E-state index contributed by atoms with van der Waals surface area (Å²) in [6, 6.07) is 18.9. The van der Waals surface area contributed by atoms with Crippen molar-refractivity contribution in [2.24, 2.45) is 0 Å². The molecule has 1 N–H and O–H groups in total. The lowest BCUT2D eigenvalue weighted by Crippen LogP contribution is -2.10. The maximum Gasteiger partial charge on any atom is 0.0384 e. The molecule has 0 saturated heterocycles. The molecule has 1 nitrogen and oxygen atoms in total. The van der Waals surface area contributed by atoms with Crippen LogP contribution in [0.15, 0.2) is 54.6 Å². The monoisotopic (exact) mass is 225 g/mol. The van der Waals surface area contributed by atoms with Gasteiger partial charge in [-0.15, -0.1) is 0 Å². The van der Waals surface area contributed by atoms with E-state index >= 15 is 0 Å². The quantitative estimate of drug-likeness (QED) is 0.779. The van der Waals surface area contributed by atoms with Gasteiger partial charge in [0.05, 0.1) is 0 Å². The number of hydrogen-bond donors (Lipinski definition) is 1. The molecule has 0 fully saturated rings. The molecule has 88 valence electrons. The molecule has 0 bridgehead atoms. The van der Waals surface area contributed by atoms with E-state index < -0.39 is 0 Å². The van der Waals surface area contributed by atoms with Gasteiger partial charge >= 0.3 is 0 Å². The molecule has 0 aromatic heterocycles. The fourth-order valence-electron chi connectivity index (χ4n) is 1.74. The van der Waals surface area contributed by atoms with Crippen LogP contribution >= 0.6 is 0 Å². The van der Waals surface area contributed by atoms with Gasteiger partial charge in [-0.05, 0) is 35.2 Å². The number of para-hydroxylation sites is 1. The molecule has 0 aliphatic rings. The van der Waals surface area contributed by atoms with Crippen molar-refractivity contribution in [2.75, 3.05) is 5.32 Å². The molecule has 1 heteroatoms. The van der Waals surface area contributed by atoms with Crippen LogP contribution in [0.1, 0.15) is 26.3 Å². The molecule has 0 saturated carbocycles. The van der Waals surface area contributed by atoms with Gasteiger partial charge in [0.25, 0.3) is 0 Å². The fourth-order valence-corrected chi connectivity index (χ4v) is 1.74. The van der Waals surface area contributed by atoms with Crippen LogP contribution < -0.4 is 5.32 Å². The average Bonchev–Trinajstić information content (AvgIpc) is 2.30. The average molecular weight is 225 g/mol. The first-order valence-electron chi connectivity index (χ1n) is 5.98. The van der Waals surface area contributed by atoms with Crippen LogP contribution in [0.2, 0.25) is 0 Å². The molecule has 2 aromatic rings. The first-order chi connectivity index (χ1) is 8.05. The highest BCUT2D eigenvalue weighted by Crippen LogP contribution is 2.24. The summed E-state index contributed by atoms with van der Waals surface area (Å²) in [5.41, 5.74) is 3.82. The van der Waals surface area contributed by atoms with E-state index in [2.05, 4.69) is 62.5 Å². The maximum absolute atomic E-state index is 3.38. The zero-order chi connectivity index (χ0) is 12.3. The Bertz CT molecular complexity index is 463. The van der Waals surface area contributed by atoms with Crippen LogP contribution in [0.4, 0.5) is 11.4 Å². The number of rotatable bonds is 2. The molecule has 0 radical (unpaired) electrons. The van der Waals surface area contributed by atoms with Gasteiger partial charge in [-0.1, -0.05) is 51.1 Å². The summed E-state index contributed by atoms with van der Waals surface area (Å²) in [6.07, 6.45) is 0. The van der Waals surface area contributed by atoms with Gasteiger partial charge in [-0.25, -0.2) is 0 Å². The molecule has 0 aliphatic carbocycles. The third-order valence-electron chi connectivity index (χ3n) is 2.81. The molecule has 2 aromatic carbocycles. The van der Waals surface area contributed by atoms with Crippen LogP contribution in [0.3, 0.4) is 0 Å². The van der Waals surface area contributed by atoms with Gasteiger partial charge < -0.3 is 5.32 Å². The number of benzene rings is 2. The highest BCUT2D eigenvalue weighted by Gasteiger charge is 2.12. The van der Waals surface area contributed by atoms with E-state index in [-0.39, 0.29) is 5.41 Å². The summed E-state index contributed by atoms with van der Waals surface area (Å²) in [5.74, 6) is 0. The van der Waals surface area contributed by atoms with Crippen LogP contribution in [0.25, 0.3) is 0 Å². The summed E-state index contributed by atoms with van der Waals surface area (Å²) in [5, 5.41) is 3.38. The zero-order valence-electron chi connectivity index (χ0n) is 10.7. The van der Waals surface area contributed by atoms with Crippen LogP contribution in [-0.2, 0) is 5.41 Å². The minimum absolute atomic E-state index is 0.214. The maximum atomic E-state index is 3.38. The van der Waals surface area contributed by atoms with Gasteiger partial charge in [0.1, 0.15) is 0 Å². The van der Waals surface area contributed by atoms with E-state index in [0.717, 1.165) is 11.4 Å². The van der Waals surface area contributed by atoms with Gasteiger partial charge in [-0.2, -0.15) is 0 Å². The van der Waals surface area contributed by atoms with Crippen molar-refractivity contribution in [3.63, 3.8) is 0 Å². The third kappa shape index (κ3) is 3.10. The topological polar surface area (TPSA) is 12.0 Å². The molecule has 0 heterocycles. The Balaban J connectivity index is 2.14. The van der Waals surface area contributed by atoms with Crippen molar-refractivity contribution in [1.29, 1.82) is 0 Å². The molecular formula is C16H19N. The second kappa shape index (κ2) is 4.62. The lowest BCUT2D eigenvalue weighted by molar-refractivity contribution is 0.590. The Morgan fingerprint density at radius 1 is 0.706 bits per heavy atom. The molecule has 0 aliphatic heterocycles. The van der Waals surface area contributed by atoms with Crippen molar-refractivity contribution >= 4 is 11.4 Å². The summed E-state index contributed by atoms with van der Waals surface area (Å²) >= 11 is 0. The Kier molecular flexibility index (Phi) is 3.19. The predicted octanol–water partition coefficient (Wildman–Crippen LogP) is 4.73. The van der Waals surface area contributed by atoms with Crippen LogP contribution in [0.5, 0.6) is 0 Å². The first kappa shape index (κ1) is 11.7. The van der Waals surface area contributed by atoms with Crippen molar-refractivity contribution in [3.05, 3.63) is 60.2 Å². The molecular weight excluding hydrogens is 206 g/mol. The van der Waals surface area contributed by atoms with E-state index in [0.29, 0.717) is 0 Å². The van der Waals surface area contributed by atoms with Crippen molar-refractivity contribution in [1.82, 2.24) is 0 Å². The normalized spacial score (nSPS) is 11.2. The largest absolute Gasteiger partial charge is 0.356 e. The van der Waals surface area contributed by atoms with Crippen molar-refractivity contribution in [3.8, 4) is 0 Å². The summed E-state index contributed by atoms with van der Waals surface area (Å²) < 4.78 is 0. The van der Waals surface area contributed by atoms with E-state index in [1.54, 1.807) is 0 Å². The zero-order valence-corrected chi connectivity index (χ0v) is 10.7. The second-order valence-corrected chi connectivity index (χ2v) is 5.32. The lowest BCUT2D eigenvalue weighted by atomic mass is 9.87. The Morgan fingerprint density at radius 2 is 1.24 bits per heavy atom. The van der Waals surface area contributed by atoms with E-state index in [1.807, 2.05) is 18.2 Å².